The van der Waals surface area contributed by atoms with Gasteiger partial charge in [-0.3, -0.25) is 14.4 Å². The molecule has 0 aromatic carbocycles. The van der Waals surface area contributed by atoms with E-state index in [9.17, 15) is 24.3 Å². The van der Waals surface area contributed by atoms with Crippen LogP contribution in [0, 0.1) is 11.8 Å². The molecule has 34 heavy (non-hydrogen) atoms. The summed E-state index contributed by atoms with van der Waals surface area (Å²) in [5.74, 6) is -1.44. The first-order valence-corrected chi connectivity index (χ1v) is 11.9. The number of hydrogen-bond acceptors (Lipinski definition) is 7. The minimum absolute atomic E-state index is 0.0854. The number of hydrogen-bond donors (Lipinski definition) is 4. The SMILES string of the molecule is CO[C@H]1C[C@@H](C(=O)N[C@H](CO)C[C@@H]2CCNC2=O)N(C(=O)[C@@H](NC(=O)OC(C)(C)C)C(C)C)C1. The second-order valence-electron chi connectivity index (χ2n) is 10.4. The number of likely N-dealkylation sites (tertiary alicyclic amines) is 1. The maximum atomic E-state index is 13.5. The Balaban J connectivity index is 2.12. The molecule has 2 rings (SSSR count). The van der Waals surface area contributed by atoms with Gasteiger partial charge in [-0.25, -0.2) is 4.79 Å². The second kappa shape index (κ2) is 11.8. The minimum Gasteiger partial charge on any atom is -0.444 e. The maximum absolute atomic E-state index is 13.5. The first-order chi connectivity index (χ1) is 15.9. The minimum atomic E-state index is -0.892. The zero-order valence-electron chi connectivity index (χ0n) is 21.1. The number of nitrogens with zero attached hydrogens (tertiary/aromatic N) is 1. The number of aliphatic hydroxyl groups excluding tert-OH is 1. The molecule has 0 unspecified atom stereocenters. The van der Waals surface area contributed by atoms with E-state index in [1.54, 1.807) is 34.6 Å². The first-order valence-electron chi connectivity index (χ1n) is 11.9. The van der Waals surface area contributed by atoms with Crippen molar-refractivity contribution in [1.82, 2.24) is 20.9 Å². The van der Waals surface area contributed by atoms with Gasteiger partial charge in [0.2, 0.25) is 17.7 Å². The number of amides is 4. The van der Waals surface area contributed by atoms with E-state index in [2.05, 4.69) is 16.0 Å². The summed E-state index contributed by atoms with van der Waals surface area (Å²) in [5, 5.41) is 18.0. The van der Waals surface area contributed by atoms with Crippen LogP contribution in [0.25, 0.3) is 0 Å². The van der Waals surface area contributed by atoms with E-state index in [4.69, 9.17) is 9.47 Å². The number of ether oxygens (including phenoxy) is 2. The van der Waals surface area contributed by atoms with Gasteiger partial charge in [0, 0.05) is 32.5 Å². The molecule has 2 saturated heterocycles. The zero-order valence-corrected chi connectivity index (χ0v) is 21.1. The average molecular weight is 485 g/mol. The highest BCUT2D eigenvalue weighted by Crippen LogP contribution is 2.24. The van der Waals surface area contributed by atoms with Gasteiger partial charge < -0.3 is 35.4 Å². The van der Waals surface area contributed by atoms with Crippen LogP contribution in [0.1, 0.15) is 53.9 Å². The van der Waals surface area contributed by atoms with Crippen molar-refractivity contribution in [2.24, 2.45) is 11.8 Å². The van der Waals surface area contributed by atoms with Gasteiger partial charge in [-0.2, -0.15) is 0 Å². The number of alkyl carbamates (subject to hydrolysis) is 1. The van der Waals surface area contributed by atoms with Crippen molar-refractivity contribution in [3.05, 3.63) is 0 Å². The van der Waals surface area contributed by atoms with E-state index >= 15 is 0 Å². The summed E-state index contributed by atoms with van der Waals surface area (Å²) in [5.41, 5.74) is -0.721. The molecule has 4 amide bonds. The molecule has 0 spiro atoms. The molecule has 2 heterocycles. The molecule has 194 valence electrons. The van der Waals surface area contributed by atoms with Gasteiger partial charge in [-0.05, 0) is 39.5 Å². The fraction of sp³-hybridized carbons (Fsp3) is 0.826. The van der Waals surface area contributed by atoms with E-state index in [1.807, 2.05) is 0 Å². The third kappa shape index (κ3) is 7.56. The number of aliphatic hydroxyl groups is 1. The molecular weight excluding hydrogens is 444 g/mol. The summed E-state index contributed by atoms with van der Waals surface area (Å²) >= 11 is 0. The number of nitrogens with one attached hydrogen (secondary N) is 3. The Morgan fingerprint density at radius 1 is 1.24 bits per heavy atom. The summed E-state index contributed by atoms with van der Waals surface area (Å²) in [6.07, 6.45) is 0.197. The average Bonchev–Trinajstić information content (AvgIpc) is 3.35. The van der Waals surface area contributed by atoms with Crippen LogP contribution in [0.3, 0.4) is 0 Å². The fourth-order valence-corrected chi connectivity index (χ4v) is 4.28. The molecule has 11 heteroatoms. The molecule has 0 aliphatic carbocycles. The van der Waals surface area contributed by atoms with Crippen molar-refractivity contribution in [1.29, 1.82) is 0 Å². The third-order valence-electron chi connectivity index (χ3n) is 6.09. The molecule has 5 atom stereocenters. The van der Waals surface area contributed by atoms with Crippen LogP contribution < -0.4 is 16.0 Å². The fourth-order valence-electron chi connectivity index (χ4n) is 4.28. The highest BCUT2D eigenvalue weighted by Gasteiger charge is 2.43. The van der Waals surface area contributed by atoms with Crippen LogP contribution >= 0.6 is 0 Å². The Kier molecular flexibility index (Phi) is 9.69. The van der Waals surface area contributed by atoms with Crippen molar-refractivity contribution in [3.8, 4) is 0 Å². The van der Waals surface area contributed by atoms with Gasteiger partial charge >= 0.3 is 6.09 Å². The summed E-state index contributed by atoms with van der Waals surface area (Å²) in [7, 11) is 1.52. The summed E-state index contributed by atoms with van der Waals surface area (Å²) in [6.45, 7) is 9.25. The predicted molar refractivity (Wildman–Crippen MR) is 124 cm³/mol. The molecular formula is C23H40N4O7. The molecule has 0 aromatic heterocycles. The van der Waals surface area contributed by atoms with E-state index < -0.39 is 41.6 Å². The van der Waals surface area contributed by atoms with Gasteiger partial charge in [0.05, 0.1) is 18.8 Å². The molecule has 0 radical (unpaired) electrons. The Labute approximate surface area is 201 Å². The van der Waals surface area contributed by atoms with Crippen LogP contribution in [0.2, 0.25) is 0 Å². The van der Waals surface area contributed by atoms with Gasteiger partial charge in [0.15, 0.2) is 0 Å². The van der Waals surface area contributed by atoms with Gasteiger partial charge in [-0.15, -0.1) is 0 Å². The standard InChI is InChI=1S/C23H40N4O7/c1-13(2)18(26-22(32)34-23(3,4)5)21(31)27-11-16(33-6)10-17(27)20(30)25-15(12-28)9-14-7-8-24-19(14)29/h13-18,28H,7-12H2,1-6H3,(H,24,29)(H,25,30)(H,26,32)/t14-,15-,16-,17-,18-/m0/s1. The van der Waals surface area contributed by atoms with Crippen molar-refractivity contribution < 1.29 is 33.8 Å². The lowest BCUT2D eigenvalue weighted by Crippen LogP contribution is -2.56. The lowest BCUT2D eigenvalue weighted by molar-refractivity contribution is -0.141. The Hall–Kier alpha value is -2.40. The van der Waals surface area contributed by atoms with E-state index in [-0.39, 0.29) is 43.4 Å². The van der Waals surface area contributed by atoms with Crippen molar-refractivity contribution in [2.75, 3.05) is 26.8 Å². The Morgan fingerprint density at radius 2 is 1.91 bits per heavy atom. The van der Waals surface area contributed by atoms with Crippen molar-refractivity contribution in [2.45, 2.75) is 83.7 Å². The van der Waals surface area contributed by atoms with Crippen LogP contribution in [-0.2, 0) is 23.9 Å². The maximum Gasteiger partial charge on any atom is 0.408 e. The topological polar surface area (TPSA) is 146 Å². The second-order valence-corrected chi connectivity index (χ2v) is 10.4. The Morgan fingerprint density at radius 3 is 2.41 bits per heavy atom. The molecule has 0 aromatic rings. The van der Waals surface area contributed by atoms with Crippen LogP contribution in [-0.4, -0.2) is 90.5 Å². The summed E-state index contributed by atoms with van der Waals surface area (Å²) in [6, 6.07) is -2.33. The molecule has 0 saturated carbocycles. The zero-order chi connectivity index (χ0) is 25.6. The molecule has 11 nitrogen and oxygen atoms in total. The van der Waals surface area contributed by atoms with Gasteiger partial charge in [-0.1, -0.05) is 13.8 Å². The van der Waals surface area contributed by atoms with Crippen molar-refractivity contribution in [3.63, 3.8) is 0 Å². The van der Waals surface area contributed by atoms with E-state index in [1.165, 1.54) is 12.0 Å². The number of methoxy groups -OCH3 is 1. The molecule has 4 N–H and O–H groups in total. The smallest absolute Gasteiger partial charge is 0.408 e. The van der Waals surface area contributed by atoms with E-state index in [0.29, 0.717) is 19.4 Å². The molecule has 2 aliphatic rings. The highest BCUT2D eigenvalue weighted by molar-refractivity contribution is 5.92. The van der Waals surface area contributed by atoms with E-state index in [0.717, 1.165) is 0 Å². The normalized spacial score (nSPS) is 24.5. The number of rotatable bonds is 9. The highest BCUT2D eigenvalue weighted by atomic mass is 16.6. The monoisotopic (exact) mass is 484 g/mol. The number of carbonyl (C=O) groups is 4. The molecule has 0 bridgehead atoms. The van der Waals surface area contributed by atoms with Gasteiger partial charge in [0.1, 0.15) is 17.7 Å². The van der Waals surface area contributed by atoms with Gasteiger partial charge in [0.25, 0.3) is 0 Å². The number of carbonyl (C=O) groups excluding carboxylic acids is 4. The van der Waals surface area contributed by atoms with Crippen LogP contribution in [0.4, 0.5) is 4.79 Å². The van der Waals surface area contributed by atoms with Crippen molar-refractivity contribution >= 4 is 23.8 Å². The predicted octanol–water partition coefficient (Wildman–Crippen LogP) is 0.155. The quantitative estimate of drug-likeness (QED) is 0.364. The molecule has 2 fully saturated rings. The molecule has 2 aliphatic heterocycles. The first kappa shape index (κ1) is 27.8. The third-order valence-corrected chi connectivity index (χ3v) is 6.09. The summed E-state index contributed by atoms with van der Waals surface area (Å²) in [4.78, 5) is 52.3. The van der Waals surface area contributed by atoms with Crippen LogP contribution in [0.15, 0.2) is 0 Å². The largest absolute Gasteiger partial charge is 0.444 e. The Bertz CT molecular complexity index is 752. The lowest BCUT2D eigenvalue weighted by atomic mass is 9.98. The van der Waals surface area contributed by atoms with Crippen LogP contribution in [0.5, 0.6) is 0 Å². The summed E-state index contributed by atoms with van der Waals surface area (Å²) < 4.78 is 10.7. The lowest BCUT2D eigenvalue weighted by Gasteiger charge is -2.31.